The zero-order chi connectivity index (χ0) is 17.7. The summed E-state index contributed by atoms with van der Waals surface area (Å²) in [4.78, 5) is 13.4. The first-order valence-corrected chi connectivity index (χ1v) is 10.8. The van der Waals surface area contributed by atoms with Crippen LogP contribution in [-0.2, 0) is 9.53 Å². The van der Waals surface area contributed by atoms with E-state index < -0.39 is 0 Å². The monoisotopic (exact) mass is 353 g/mol. The lowest BCUT2D eigenvalue weighted by Gasteiger charge is -2.58. The second-order valence-corrected chi connectivity index (χ2v) is 10.5. The summed E-state index contributed by atoms with van der Waals surface area (Å²) in [6.45, 7) is 4.88. The molecule has 0 bridgehead atoms. The van der Waals surface area contributed by atoms with Crippen molar-refractivity contribution in [2.45, 2.75) is 77.0 Å². The number of hydrogen-bond donors (Lipinski definition) is 0. The Bertz CT molecular complexity index is 741. The second-order valence-electron chi connectivity index (χ2n) is 10.5. The molecule has 26 heavy (non-hydrogen) atoms. The molecule has 9 atom stereocenters. The predicted octanol–water partition coefficient (Wildman–Crippen LogP) is 4.63. The zero-order valence-corrected chi connectivity index (χ0v) is 16.1. The van der Waals surface area contributed by atoms with Crippen LogP contribution in [0.4, 0.5) is 0 Å². The van der Waals surface area contributed by atoms with E-state index in [0.29, 0.717) is 29.3 Å². The van der Waals surface area contributed by atoms with Crippen LogP contribution in [0.2, 0.25) is 0 Å². The Morgan fingerprint density at radius 1 is 1.04 bits per heavy atom. The summed E-state index contributed by atoms with van der Waals surface area (Å²) in [5.74, 6) is 3.50. The molecule has 140 valence electrons. The van der Waals surface area contributed by atoms with Crippen molar-refractivity contribution in [2.24, 2.45) is 34.5 Å². The van der Waals surface area contributed by atoms with Gasteiger partial charge in [-0.05, 0) is 86.2 Å². The Morgan fingerprint density at radius 2 is 1.85 bits per heavy atom. The predicted molar refractivity (Wildman–Crippen MR) is 99.6 cm³/mol. The van der Waals surface area contributed by atoms with E-state index in [-0.39, 0.29) is 11.5 Å². The summed E-state index contributed by atoms with van der Waals surface area (Å²) in [5.41, 5.74) is 0.364. The maximum absolute atomic E-state index is 13.4. The Kier molecular flexibility index (Phi) is 3.08. The summed E-state index contributed by atoms with van der Waals surface area (Å²) in [5, 5.41) is 0. The fourth-order valence-corrected chi connectivity index (χ4v) is 8.12. The van der Waals surface area contributed by atoms with Crippen LogP contribution in [0.1, 0.15) is 64.8 Å². The number of Topliss-reactive ketones (excluding diaryl/α,β-unsaturated/α-hetero) is 1. The van der Waals surface area contributed by atoms with Crippen molar-refractivity contribution in [3.05, 3.63) is 24.5 Å². The normalized spacial score (nSPS) is 54.8. The van der Waals surface area contributed by atoms with E-state index in [1.54, 1.807) is 0 Å². The lowest BCUT2D eigenvalue weighted by Crippen LogP contribution is -2.53. The van der Waals surface area contributed by atoms with Gasteiger partial charge in [-0.15, -0.1) is 0 Å². The molecule has 0 unspecified atom stereocenters. The van der Waals surface area contributed by atoms with Crippen molar-refractivity contribution in [1.82, 2.24) is 4.57 Å². The maximum Gasteiger partial charge on any atom is 0.161 e. The first-order chi connectivity index (χ1) is 12.5. The topological polar surface area (TPSA) is 34.5 Å². The van der Waals surface area contributed by atoms with Crippen molar-refractivity contribution < 1.29 is 9.53 Å². The first-order valence-electron chi connectivity index (χ1n) is 10.8. The third-order valence-electron chi connectivity index (χ3n) is 9.63. The SMILES string of the molecule is C[C@]12C[C@H]3O[C@H]3C[C@@H]1CC[C@@H]1[C@@H]2CC[C@]2(C)C(=O)[C@@H](n3cccc3)C[C@@H]12. The van der Waals surface area contributed by atoms with Crippen LogP contribution < -0.4 is 0 Å². The molecular formula is C23H31NO2. The molecule has 0 radical (unpaired) electrons. The summed E-state index contributed by atoms with van der Waals surface area (Å²) < 4.78 is 8.12. The van der Waals surface area contributed by atoms with Gasteiger partial charge in [0.25, 0.3) is 0 Å². The van der Waals surface area contributed by atoms with E-state index in [9.17, 15) is 4.79 Å². The van der Waals surface area contributed by atoms with Crippen LogP contribution in [0.25, 0.3) is 0 Å². The summed E-state index contributed by atoms with van der Waals surface area (Å²) in [6, 6.07) is 4.19. The minimum absolute atomic E-state index is 0.0757. The molecule has 0 amide bonds. The average Bonchev–Trinajstić information content (AvgIpc) is 3.02. The molecule has 1 aliphatic heterocycles. The summed E-state index contributed by atoms with van der Waals surface area (Å²) in [7, 11) is 0. The van der Waals surface area contributed by atoms with Crippen LogP contribution in [-0.4, -0.2) is 22.6 Å². The van der Waals surface area contributed by atoms with Crippen molar-refractivity contribution in [2.75, 3.05) is 0 Å². The molecule has 4 saturated carbocycles. The molecule has 3 nitrogen and oxygen atoms in total. The van der Waals surface area contributed by atoms with Gasteiger partial charge in [-0.25, -0.2) is 0 Å². The zero-order valence-electron chi connectivity index (χ0n) is 16.1. The Labute approximate surface area is 156 Å². The quantitative estimate of drug-likeness (QED) is 0.690. The van der Waals surface area contributed by atoms with Gasteiger partial charge in [0.05, 0.1) is 18.2 Å². The number of carbonyl (C=O) groups excluding carboxylic acids is 1. The van der Waals surface area contributed by atoms with Gasteiger partial charge in [0.15, 0.2) is 5.78 Å². The van der Waals surface area contributed by atoms with Gasteiger partial charge < -0.3 is 9.30 Å². The number of ether oxygens (including phenoxy) is 1. The molecule has 0 N–H and O–H groups in total. The van der Waals surface area contributed by atoms with Crippen LogP contribution in [0.5, 0.6) is 0 Å². The minimum atomic E-state index is -0.0907. The van der Waals surface area contributed by atoms with Gasteiger partial charge in [-0.1, -0.05) is 13.8 Å². The Morgan fingerprint density at radius 3 is 2.65 bits per heavy atom. The van der Waals surface area contributed by atoms with Gasteiger partial charge in [-0.3, -0.25) is 4.79 Å². The van der Waals surface area contributed by atoms with Gasteiger partial charge in [0.1, 0.15) is 0 Å². The van der Waals surface area contributed by atoms with Gasteiger partial charge in [0, 0.05) is 17.8 Å². The average molecular weight is 354 g/mol. The first kappa shape index (κ1) is 15.9. The number of rotatable bonds is 1. The van der Waals surface area contributed by atoms with Crippen molar-refractivity contribution in [3.8, 4) is 0 Å². The lowest BCUT2D eigenvalue weighted by molar-refractivity contribution is -0.139. The highest BCUT2D eigenvalue weighted by Crippen LogP contribution is 2.68. The van der Waals surface area contributed by atoms with Crippen molar-refractivity contribution in [3.63, 3.8) is 0 Å². The number of carbonyl (C=O) groups is 1. The van der Waals surface area contributed by atoms with E-state index in [2.05, 4.69) is 42.9 Å². The molecule has 0 aromatic carbocycles. The minimum Gasteiger partial charge on any atom is -0.370 e. The number of epoxide rings is 1. The Hall–Kier alpha value is -1.09. The largest absolute Gasteiger partial charge is 0.370 e. The van der Waals surface area contributed by atoms with Crippen LogP contribution in [0.15, 0.2) is 24.5 Å². The van der Waals surface area contributed by atoms with E-state index in [1.807, 2.05) is 0 Å². The molecular weight excluding hydrogens is 322 g/mol. The molecule has 5 aliphatic rings. The number of aromatic nitrogens is 1. The van der Waals surface area contributed by atoms with E-state index in [0.717, 1.165) is 30.6 Å². The molecule has 2 heterocycles. The van der Waals surface area contributed by atoms with Crippen LogP contribution in [0, 0.1) is 34.5 Å². The second kappa shape index (κ2) is 5.04. The lowest BCUT2D eigenvalue weighted by atomic mass is 9.45. The van der Waals surface area contributed by atoms with Crippen LogP contribution >= 0.6 is 0 Å². The molecule has 0 spiro atoms. The number of ketones is 1. The van der Waals surface area contributed by atoms with Gasteiger partial charge >= 0.3 is 0 Å². The molecule has 5 fully saturated rings. The number of hydrogen-bond acceptors (Lipinski definition) is 2. The van der Waals surface area contributed by atoms with E-state index in [4.69, 9.17) is 4.74 Å². The fourth-order valence-electron chi connectivity index (χ4n) is 8.12. The molecule has 4 aliphatic carbocycles. The highest BCUT2D eigenvalue weighted by atomic mass is 16.6. The highest BCUT2D eigenvalue weighted by Gasteiger charge is 2.65. The fraction of sp³-hybridized carbons (Fsp3) is 0.783. The molecule has 3 heteroatoms. The van der Waals surface area contributed by atoms with Crippen molar-refractivity contribution >= 4 is 5.78 Å². The highest BCUT2D eigenvalue weighted by molar-refractivity contribution is 5.91. The smallest absolute Gasteiger partial charge is 0.161 e. The number of fused-ring (bicyclic) bond motifs is 6. The van der Waals surface area contributed by atoms with Gasteiger partial charge in [-0.2, -0.15) is 0 Å². The van der Waals surface area contributed by atoms with E-state index >= 15 is 0 Å². The molecule has 1 aromatic rings. The summed E-state index contributed by atoms with van der Waals surface area (Å²) >= 11 is 0. The molecule has 1 saturated heterocycles. The van der Waals surface area contributed by atoms with E-state index in [1.165, 1.54) is 32.1 Å². The third kappa shape index (κ3) is 1.91. The van der Waals surface area contributed by atoms with Crippen molar-refractivity contribution in [1.29, 1.82) is 0 Å². The molecule has 6 rings (SSSR count). The maximum atomic E-state index is 13.4. The Balaban J connectivity index is 1.34. The molecule has 1 aromatic heterocycles. The standard InChI is InChI=1S/C23H31NO2/c1-22-8-7-16-15(6-5-14-11-19-20(26-19)13-23(14,16)2)17(22)12-18(21(22)25)24-9-3-4-10-24/h3-4,9-10,14-20H,5-8,11-13H2,1-2H3/t14-,15+,16-,17-,18-,19-,20+,22-,23-/m0/s1. The third-order valence-corrected chi connectivity index (χ3v) is 9.63. The van der Waals surface area contributed by atoms with Gasteiger partial charge in [0.2, 0.25) is 0 Å². The van der Waals surface area contributed by atoms with Crippen LogP contribution in [0.3, 0.4) is 0 Å². The number of nitrogens with zero attached hydrogens (tertiary/aromatic N) is 1. The summed E-state index contributed by atoms with van der Waals surface area (Å²) in [6.07, 6.45) is 14.0.